The van der Waals surface area contributed by atoms with Gasteiger partial charge in [-0.3, -0.25) is 9.59 Å². The normalized spacial score (nSPS) is 16.5. The molecule has 2 aromatic carbocycles. The Kier molecular flexibility index (Phi) is 11.0. The second-order valence-corrected chi connectivity index (χ2v) is 9.84. The molecule has 0 radical (unpaired) electrons. The van der Waals surface area contributed by atoms with Crippen molar-refractivity contribution in [3.63, 3.8) is 0 Å². The Balaban J connectivity index is 1.72. The smallest absolute Gasteiger partial charge is 0.222 e. The Morgan fingerprint density at radius 2 is 1.76 bits per heavy atom. The lowest BCUT2D eigenvalue weighted by molar-refractivity contribution is -0.132. The van der Waals surface area contributed by atoms with Gasteiger partial charge in [0.2, 0.25) is 11.8 Å². The number of aliphatic hydroxyl groups is 1. The number of nitrogens with one attached hydrogen (secondary N) is 2. The molecule has 0 aliphatic carbocycles. The third-order valence-electron chi connectivity index (χ3n) is 6.87. The van der Waals surface area contributed by atoms with Crippen LogP contribution in [0.5, 0.6) is 0 Å². The van der Waals surface area contributed by atoms with Crippen LogP contribution in [0.1, 0.15) is 62.6 Å². The summed E-state index contributed by atoms with van der Waals surface area (Å²) < 4.78 is 27.7. The summed E-state index contributed by atoms with van der Waals surface area (Å²) in [7, 11) is 0. The van der Waals surface area contributed by atoms with Crippen molar-refractivity contribution in [2.45, 2.75) is 83.5 Å². The molecule has 0 unspecified atom stereocenters. The molecule has 0 spiro atoms. The van der Waals surface area contributed by atoms with Gasteiger partial charge in [-0.1, -0.05) is 44.5 Å². The lowest BCUT2D eigenvalue weighted by Gasteiger charge is -2.35. The van der Waals surface area contributed by atoms with Crippen LogP contribution >= 0.6 is 0 Å². The number of aliphatic hydroxyl groups excluding tert-OH is 1. The Labute approximate surface area is 218 Å². The SMILES string of the molecule is CCCCN(CCC(=O)N[C@@H](Cc1cc(F)cc(F)c1)[C@H](O)[C@H]1Cc2ccccc2CN1)C(=O)CCC. The molecule has 1 heterocycles. The Morgan fingerprint density at radius 1 is 1.05 bits per heavy atom. The number of unbranched alkanes of at least 4 members (excludes halogenated alkanes) is 1. The highest BCUT2D eigenvalue weighted by Crippen LogP contribution is 2.21. The van der Waals surface area contributed by atoms with Gasteiger partial charge in [-0.15, -0.1) is 0 Å². The molecule has 0 bridgehead atoms. The van der Waals surface area contributed by atoms with Crippen LogP contribution in [0.15, 0.2) is 42.5 Å². The van der Waals surface area contributed by atoms with Crippen molar-refractivity contribution in [1.82, 2.24) is 15.5 Å². The van der Waals surface area contributed by atoms with E-state index in [2.05, 4.69) is 10.6 Å². The molecule has 3 atom stereocenters. The van der Waals surface area contributed by atoms with Gasteiger partial charge in [-0.25, -0.2) is 8.78 Å². The van der Waals surface area contributed by atoms with Gasteiger partial charge >= 0.3 is 0 Å². The Morgan fingerprint density at radius 3 is 2.43 bits per heavy atom. The minimum absolute atomic E-state index is 0.0284. The fourth-order valence-corrected chi connectivity index (χ4v) is 4.84. The maximum atomic E-state index is 13.9. The zero-order valence-electron chi connectivity index (χ0n) is 21.8. The van der Waals surface area contributed by atoms with Crippen molar-refractivity contribution in [2.75, 3.05) is 13.1 Å². The van der Waals surface area contributed by atoms with Crippen LogP contribution in [-0.2, 0) is 29.0 Å². The number of fused-ring (bicyclic) bond motifs is 1. The zero-order valence-corrected chi connectivity index (χ0v) is 21.8. The van der Waals surface area contributed by atoms with Crippen LogP contribution in [-0.4, -0.2) is 53.1 Å². The van der Waals surface area contributed by atoms with Gasteiger partial charge < -0.3 is 20.6 Å². The number of benzene rings is 2. The summed E-state index contributed by atoms with van der Waals surface area (Å²) >= 11 is 0. The molecular weight excluding hydrogens is 476 g/mol. The van der Waals surface area contributed by atoms with Gasteiger partial charge in [0.15, 0.2) is 0 Å². The van der Waals surface area contributed by atoms with Crippen molar-refractivity contribution in [1.29, 1.82) is 0 Å². The van der Waals surface area contributed by atoms with E-state index in [-0.39, 0.29) is 37.2 Å². The maximum Gasteiger partial charge on any atom is 0.222 e. The van der Waals surface area contributed by atoms with Gasteiger partial charge in [0.05, 0.1) is 12.1 Å². The fraction of sp³-hybridized carbons (Fsp3) is 0.517. The molecule has 8 heteroatoms. The number of halogens is 2. The van der Waals surface area contributed by atoms with E-state index in [1.807, 2.05) is 38.1 Å². The molecular formula is C29H39F2N3O3. The first-order valence-corrected chi connectivity index (χ1v) is 13.3. The minimum atomic E-state index is -0.999. The van der Waals surface area contributed by atoms with E-state index in [0.29, 0.717) is 31.5 Å². The standard InChI is InChI=1S/C29H39F2N3O3/c1-3-5-12-34(28(36)8-4-2)13-11-27(35)33-26(16-20-14-23(30)18-24(31)15-20)29(37)25-17-21-9-6-7-10-22(21)19-32-25/h6-7,9-10,14-15,18,25-26,29,32,37H,3-5,8,11-13,16-17,19H2,1-2H3,(H,33,35)/t25-,26+,29-/m1/s1. The van der Waals surface area contributed by atoms with E-state index in [1.54, 1.807) is 4.90 Å². The van der Waals surface area contributed by atoms with Gasteiger partial charge in [-0.05, 0) is 54.5 Å². The lowest BCUT2D eigenvalue weighted by atomic mass is 9.88. The number of carbonyl (C=O) groups excluding carboxylic acids is 2. The van der Waals surface area contributed by atoms with Crippen molar-refractivity contribution in [2.24, 2.45) is 0 Å². The van der Waals surface area contributed by atoms with E-state index in [1.165, 1.54) is 12.1 Å². The number of amides is 2. The number of carbonyl (C=O) groups is 2. The second kappa shape index (κ2) is 14.2. The van der Waals surface area contributed by atoms with E-state index in [4.69, 9.17) is 0 Å². The second-order valence-electron chi connectivity index (χ2n) is 9.84. The van der Waals surface area contributed by atoms with Crippen LogP contribution in [0.3, 0.4) is 0 Å². The average Bonchev–Trinajstić information content (AvgIpc) is 2.87. The van der Waals surface area contributed by atoms with Crippen LogP contribution in [0.2, 0.25) is 0 Å². The molecule has 1 aliphatic heterocycles. The van der Waals surface area contributed by atoms with Crippen LogP contribution < -0.4 is 10.6 Å². The summed E-state index contributed by atoms with van der Waals surface area (Å²) in [4.78, 5) is 27.2. The summed E-state index contributed by atoms with van der Waals surface area (Å²) in [5, 5.41) is 17.6. The van der Waals surface area contributed by atoms with Crippen molar-refractivity contribution in [3.05, 3.63) is 70.8 Å². The minimum Gasteiger partial charge on any atom is -0.389 e. The summed E-state index contributed by atoms with van der Waals surface area (Å²) in [5.74, 6) is -1.70. The van der Waals surface area contributed by atoms with Crippen LogP contribution in [0.4, 0.5) is 8.78 Å². The zero-order chi connectivity index (χ0) is 26.8. The van der Waals surface area contributed by atoms with E-state index in [0.717, 1.165) is 36.5 Å². The molecule has 37 heavy (non-hydrogen) atoms. The summed E-state index contributed by atoms with van der Waals surface area (Å²) in [6, 6.07) is 10.1. The summed E-state index contributed by atoms with van der Waals surface area (Å²) in [5.41, 5.74) is 2.62. The van der Waals surface area contributed by atoms with Crippen molar-refractivity contribution < 1.29 is 23.5 Å². The highest BCUT2D eigenvalue weighted by Gasteiger charge is 2.32. The molecule has 0 aromatic heterocycles. The predicted molar refractivity (Wildman–Crippen MR) is 140 cm³/mol. The largest absolute Gasteiger partial charge is 0.389 e. The average molecular weight is 516 g/mol. The molecule has 1 aliphatic rings. The number of hydrogen-bond donors (Lipinski definition) is 3. The molecule has 6 nitrogen and oxygen atoms in total. The first-order valence-electron chi connectivity index (χ1n) is 13.3. The monoisotopic (exact) mass is 515 g/mol. The molecule has 3 rings (SSSR count). The number of rotatable bonds is 13. The fourth-order valence-electron chi connectivity index (χ4n) is 4.84. The highest BCUT2D eigenvalue weighted by atomic mass is 19.1. The molecule has 2 amide bonds. The quantitative estimate of drug-likeness (QED) is 0.378. The lowest BCUT2D eigenvalue weighted by Crippen LogP contribution is -2.56. The van der Waals surface area contributed by atoms with Gasteiger partial charge in [0.1, 0.15) is 11.6 Å². The third-order valence-corrected chi connectivity index (χ3v) is 6.87. The van der Waals surface area contributed by atoms with Gasteiger partial charge in [0.25, 0.3) is 0 Å². The first-order chi connectivity index (χ1) is 17.8. The summed E-state index contributed by atoms with van der Waals surface area (Å²) in [6.07, 6.45) is 2.70. The molecule has 0 fully saturated rings. The van der Waals surface area contributed by atoms with Gasteiger partial charge in [-0.2, -0.15) is 0 Å². The van der Waals surface area contributed by atoms with Crippen molar-refractivity contribution >= 4 is 11.8 Å². The molecule has 202 valence electrons. The van der Waals surface area contributed by atoms with E-state index >= 15 is 0 Å². The first kappa shape index (κ1) is 28.7. The molecule has 2 aromatic rings. The van der Waals surface area contributed by atoms with Gasteiger partial charge in [0, 0.05) is 44.6 Å². The predicted octanol–water partition coefficient (Wildman–Crippen LogP) is 3.89. The number of nitrogens with zero attached hydrogens (tertiary/aromatic N) is 1. The molecule has 0 saturated carbocycles. The maximum absolute atomic E-state index is 13.9. The van der Waals surface area contributed by atoms with Crippen LogP contribution in [0, 0.1) is 11.6 Å². The topological polar surface area (TPSA) is 81.7 Å². The van der Waals surface area contributed by atoms with Crippen molar-refractivity contribution in [3.8, 4) is 0 Å². The highest BCUT2D eigenvalue weighted by molar-refractivity contribution is 5.79. The molecule has 3 N–H and O–H groups in total. The van der Waals surface area contributed by atoms with E-state index in [9.17, 15) is 23.5 Å². The Bertz CT molecular complexity index is 1030. The molecule has 0 saturated heterocycles. The van der Waals surface area contributed by atoms with E-state index < -0.39 is 23.8 Å². The summed E-state index contributed by atoms with van der Waals surface area (Å²) in [6.45, 7) is 5.47. The number of hydrogen-bond acceptors (Lipinski definition) is 4. The van der Waals surface area contributed by atoms with Crippen LogP contribution in [0.25, 0.3) is 0 Å². The third kappa shape index (κ3) is 8.61. The Hall–Kier alpha value is -2.84.